The van der Waals surface area contributed by atoms with Gasteiger partial charge in [-0.2, -0.15) is 0 Å². The van der Waals surface area contributed by atoms with E-state index in [0.717, 1.165) is 60.4 Å². The van der Waals surface area contributed by atoms with Gasteiger partial charge in [0.15, 0.2) is 0 Å². The third-order valence-electron chi connectivity index (χ3n) is 7.73. The molecule has 4 aromatic rings. The summed E-state index contributed by atoms with van der Waals surface area (Å²) >= 11 is 0. The molecule has 0 saturated carbocycles. The second kappa shape index (κ2) is 10.4. The number of nitrogens with one attached hydrogen (secondary N) is 1. The molecule has 1 saturated heterocycles. The van der Waals surface area contributed by atoms with E-state index in [9.17, 15) is 9.18 Å². The highest BCUT2D eigenvalue weighted by Crippen LogP contribution is 2.34. The number of hydrogen-bond acceptors (Lipinski definition) is 3. The van der Waals surface area contributed by atoms with Crippen LogP contribution in [0.3, 0.4) is 0 Å². The molecule has 1 aliphatic rings. The fourth-order valence-corrected chi connectivity index (χ4v) is 5.24. The quantitative estimate of drug-likeness (QED) is 0.368. The highest BCUT2D eigenvalue weighted by atomic mass is 19.1. The lowest BCUT2D eigenvalue weighted by molar-refractivity contribution is 0.0664. The summed E-state index contributed by atoms with van der Waals surface area (Å²) in [5.74, 6) is -0.157. The zero-order valence-corrected chi connectivity index (χ0v) is 22.1. The van der Waals surface area contributed by atoms with Crippen LogP contribution >= 0.6 is 0 Å². The molecule has 0 spiro atoms. The largest absolute Gasteiger partial charge is 0.379 e. The molecular formula is C31H35FN4O. The Morgan fingerprint density at radius 3 is 2.38 bits per heavy atom. The minimum Gasteiger partial charge on any atom is -0.379 e. The van der Waals surface area contributed by atoms with Gasteiger partial charge in [-0.3, -0.25) is 4.79 Å². The smallest absolute Gasteiger partial charge is 0.254 e. The molecule has 1 N–H and O–H groups in total. The molecule has 37 heavy (non-hydrogen) atoms. The normalized spacial score (nSPS) is 14.4. The number of halogens is 1. The maximum Gasteiger partial charge on any atom is 0.254 e. The standard InChI is InChI=1S/C31H35FN4O/c1-21-16-27(32)11-10-25(21)19-33-29-18-26(31(37)35-14-12-34(4)13-15-35)17-28-22(2)23(3)36(30(28)29)20-24-8-6-5-7-9-24/h5-11,16-18,33H,12-15,19-20H2,1-4H3. The maximum absolute atomic E-state index is 13.7. The Morgan fingerprint density at radius 1 is 0.946 bits per heavy atom. The van der Waals surface area contributed by atoms with Gasteiger partial charge in [-0.05, 0) is 74.3 Å². The van der Waals surface area contributed by atoms with E-state index in [4.69, 9.17) is 0 Å². The van der Waals surface area contributed by atoms with Gasteiger partial charge in [0.1, 0.15) is 5.82 Å². The summed E-state index contributed by atoms with van der Waals surface area (Å²) in [7, 11) is 2.09. The lowest BCUT2D eigenvalue weighted by Crippen LogP contribution is -2.47. The molecule has 5 nitrogen and oxygen atoms in total. The number of carbonyl (C=O) groups excluding carboxylic acids is 1. The second-order valence-corrected chi connectivity index (χ2v) is 10.2. The van der Waals surface area contributed by atoms with E-state index in [1.54, 1.807) is 6.07 Å². The number of anilines is 1. The first-order valence-corrected chi connectivity index (χ1v) is 13.0. The van der Waals surface area contributed by atoms with E-state index in [1.165, 1.54) is 22.9 Å². The highest BCUT2D eigenvalue weighted by Gasteiger charge is 2.24. The van der Waals surface area contributed by atoms with Crippen molar-refractivity contribution in [2.24, 2.45) is 0 Å². The van der Waals surface area contributed by atoms with E-state index in [0.29, 0.717) is 12.1 Å². The molecule has 1 aliphatic heterocycles. The Balaban J connectivity index is 1.58. The number of fused-ring (bicyclic) bond motifs is 1. The van der Waals surface area contributed by atoms with Crippen molar-refractivity contribution in [3.05, 3.63) is 100.0 Å². The van der Waals surface area contributed by atoms with Crippen molar-refractivity contribution in [2.75, 3.05) is 38.5 Å². The zero-order chi connectivity index (χ0) is 26.1. The van der Waals surface area contributed by atoms with E-state index in [2.05, 4.69) is 66.0 Å². The van der Waals surface area contributed by atoms with Crippen molar-refractivity contribution in [3.63, 3.8) is 0 Å². The Labute approximate surface area is 218 Å². The number of benzene rings is 3. The molecule has 2 heterocycles. The van der Waals surface area contributed by atoms with Gasteiger partial charge >= 0.3 is 0 Å². The number of carbonyl (C=O) groups is 1. The lowest BCUT2D eigenvalue weighted by atomic mass is 10.0. The third-order valence-corrected chi connectivity index (χ3v) is 7.73. The van der Waals surface area contributed by atoms with Crippen molar-refractivity contribution in [3.8, 4) is 0 Å². The molecule has 0 radical (unpaired) electrons. The van der Waals surface area contributed by atoms with Gasteiger partial charge in [0.05, 0.1) is 11.2 Å². The topological polar surface area (TPSA) is 40.5 Å². The first kappa shape index (κ1) is 25.0. The molecule has 1 aromatic heterocycles. The van der Waals surface area contributed by atoms with Crippen molar-refractivity contribution in [2.45, 2.75) is 33.9 Å². The molecule has 0 unspecified atom stereocenters. The van der Waals surface area contributed by atoms with Gasteiger partial charge in [0.25, 0.3) is 5.91 Å². The van der Waals surface area contributed by atoms with Crippen LogP contribution in [0, 0.1) is 26.6 Å². The SMILES string of the molecule is Cc1cc(F)ccc1CNc1cc(C(=O)N2CCN(C)CC2)cc2c(C)c(C)n(Cc3ccccc3)c12. The number of aromatic nitrogens is 1. The molecule has 0 aliphatic carbocycles. The fourth-order valence-electron chi connectivity index (χ4n) is 5.24. The molecular weight excluding hydrogens is 463 g/mol. The van der Waals surface area contributed by atoms with Crippen LogP contribution in [-0.4, -0.2) is 53.5 Å². The van der Waals surface area contributed by atoms with Crippen molar-refractivity contribution in [1.82, 2.24) is 14.4 Å². The predicted octanol–water partition coefficient (Wildman–Crippen LogP) is 5.75. The molecule has 3 aromatic carbocycles. The summed E-state index contributed by atoms with van der Waals surface area (Å²) in [4.78, 5) is 17.8. The first-order chi connectivity index (χ1) is 17.8. The van der Waals surface area contributed by atoms with Crippen molar-refractivity contribution < 1.29 is 9.18 Å². The van der Waals surface area contributed by atoms with Gasteiger partial charge in [0.2, 0.25) is 0 Å². The average Bonchev–Trinajstić information content (AvgIpc) is 3.13. The van der Waals surface area contributed by atoms with Crippen LogP contribution in [0.2, 0.25) is 0 Å². The van der Waals surface area contributed by atoms with Gasteiger partial charge < -0.3 is 19.7 Å². The van der Waals surface area contributed by atoms with E-state index in [-0.39, 0.29) is 11.7 Å². The van der Waals surface area contributed by atoms with Crippen LogP contribution in [0.25, 0.3) is 10.9 Å². The first-order valence-electron chi connectivity index (χ1n) is 13.0. The molecule has 0 bridgehead atoms. The maximum atomic E-state index is 13.7. The van der Waals surface area contributed by atoms with Crippen LogP contribution in [0.4, 0.5) is 10.1 Å². The van der Waals surface area contributed by atoms with Crippen molar-refractivity contribution >= 4 is 22.5 Å². The van der Waals surface area contributed by atoms with Gasteiger partial charge in [-0.1, -0.05) is 36.4 Å². The summed E-state index contributed by atoms with van der Waals surface area (Å²) in [5, 5.41) is 4.70. The molecule has 5 rings (SSSR count). The second-order valence-electron chi connectivity index (χ2n) is 10.2. The Kier molecular flexibility index (Phi) is 7.02. The number of aryl methyl sites for hydroxylation is 2. The number of hydrogen-bond donors (Lipinski definition) is 1. The van der Waals surface area contributed by atoms with Crippen LogP contribution in [0.15, 0.2) is 60.7 Å². The highest BCUT2D eigenvalue weighted by molar-refractivity contribution is 6.04. The number of piperazine rings is 1. The zero-order valence-electron chi connectivity index (χ0n) is 22.1. The minimum atomic E-state index is -0.230. The Hall–Kier alpha value is -3.64. The predicted molar refractivity (Wildman–Crippen MR) is 149 cm³/mol. The molecule has 192 valence electrons. The van der Waals surface area contributed by atoms with E-state index in [1.807, 2.05) is 30.0 Å². The summed E-state index contributed by atoms with van der Waals surface area (Å²) < 4.78 is 16.0. The Morgan fingerprint density at radius 2 is 1.68 bits per heavy atom. The number of nitrogens with zero attached hydrogens (tertiary/aromatic N) is 3. The van der Waals surface area contributed by atoms with Crippen LogP contribution in [0.5, 0.6) is 0 Å². The minimum absolute atomic E-state index is 0.0730. The Bertz CT molecular complexity index is 1440. The monoisotopic (exact) mass is 498 g/mol. The van der Waals surface area contributed by atoms with Crippen LogP contribution in [-0.2, 0) is 13.1 Å². The number of likely N-dealkylation sites (N-methyl/N-ethyl adjacent to an activating group) is 1. The molecule has 0 atom stereocenters. The molecule has 1 fully saturated rings. The fraction of sp³-hybridized carbons (Fsp3) is 0.323. The lowest BCUT2D eigenvalue weighted by Gasteiger charge is -2.32. The van der Waals surface area contributed by atoms with E-state index < -0.39 is 0 Å². The molecule has 1 amide bonds. The summed E-state index contributed by atoms with van der Waals surface area (Å²) in [6.07, 6.45) is 0. The van der Waals surface area contributed by atoms with Gasteiger partial charge in [-0.15, -0.1) is 0 Å². The van der Waals surface area contributed by atoms with Gasteiger partial charge in [0, 0.05) is 55.9 Å². The summed E-state index contributed by atoms with van der Waals surface area (Å²) in [6, 6.07) is 19.4. The number of rotatable bonds is 6. The van der Waals surface area contributed by atoms with Gasteiger partial charge in [-0.25, -0.2) is 4.39 Å². The summed E-state index contributed by atoms with van der Waals surface area (Å²) in [5.41, 5.74) is 8.24. The third kappa shape index (κ3) is 5.12. The average molecular weight is 499 g/mol. The van der Waals surface area contributed by atoms with Crippen LogP contribution < -0.4 is 5.32 Å². The number of amides is 1. The molecule has 6 heteroatoms. The van der Waals surface area contributed by atoms with Crippen LogP contribution in [0.1, 0.15) is 38.3 Å². The van der Waals surface area contributed by atoms with Crippen molar-refractivity contribution in [1.29, 1.82) is 0 Å². The van der Waals surface area contributed by atoms with E-state index >= 15 is 0 Å². The summed E-state index contributed by atoms with van der Waals surface area (Å²) in [6.45, 7) is 10.7.